The number of esters is 1. The van der Waals surface area contributed by atoms with E-state index in [0.717, 1.165) is 17.1 Å². The van der Waals surface area contributed by atoms with E-state index in [1.165, 1.54) is 31.3 Å². The summed E-state index contributed by atoms with van der Waals surface area (Å²) in [4.78, 5) is 41.5. The third kappa shape index (κ3) is 9.08. The second-order valence-corrected chi connectivity index (χ2v) is 12.9. The van der Waals surface area contributed by atoms with Crippen LogP contribution in [0, 0.1) is 0 Å². The fourth-order valence-corrected chi connectivity index (χ4v) is 6.13. The van der Waals surface area contributed by atoms with Gasteiger partial charge in [-0.3, -0.25) is 18.7 Å². The maximum atomic E-state index is 15.9. The summed E-state index contributed by atoms with van der Waals surface area (Å²) in [6, 6.07) is 17.6. The Kier molecular flexibility index (Phi) is 11.5. The predicted octanol–water partition coefficient (Wildman–Crippen LogP) is 3.93. The molecular formula is C31H38FN4O9P. The SMILES string of the molecule is CC(C)OC(=O)[C@H](C)N[P@](=O)(OC[C@H]1O[C@@H](n2ccc(NC(=O)CCc3ccccc3)nc2=O)[C@](C)(F)[C@@H]1O)Oc1ccccc1. The molecule has 1 aliphatic heterocycles. The summed E-state index contributed by atoms with van der Waals surface area (Å²) < 4.78 is 52.5. The highest BCUT2D eigenvalue weighted by atomic mass is 31.2. The number of nitrogens with zero attached hydrogens (tertiary/aromatic N) is 2. The van der Waals surface area contributed by atoms with Crippen LogP contribution in [0.2, 0.25) is 0 Å². The molecule has 0 bridgehead atoms. The van der Waals surface area contributed by atoms with Crippen LogP contribution in [0.4, 0.5) is 10.2 Å². The Labute approximate surface area is 265 Å². The summed E-state index contributed by atoms with van der Waals surface area (Å²) in [5.41, 5.74) is -2.49. The van der Waals surface area contributed by atoms with Crippen molar-refractivity contribution < 1.29 is 42.2 Å². The van der Waals surface area contributed by atoms with Crippen LogP contribution in [0.1, 0.15) is 45.9 Å². The number of carbonyl (C=O) groups is 2. The molecule has 0 aliphatic carbocycles. The van der Waals surface area contributed by atoms with Crippen molar-refractivity contribution in [2.45, 2.75) is 76.8 Å². The number of anilines is 1. The molecule has 13 nitrogen and oxygen atoms in total. The summed E-state index contributed by atoms with van der Waals surface area (Å²) in [6.07, 6.45) is -3.51. The third-order valence-electron chi connectivity index (χ3n) is 6.99. The maximum absolute atomic E-state index is 15.9. The number of aliphatic hydroxyl groups excluding tert-OH is 1. The molecule has 15 heteroatoms. The number of para-hydroxylation sites is 1. The number of alkyl halides is 1. The van der Waals surface area contributed by atoms with Crippen LogP contribution in [-0.2, 0) is 34.6 Å². The largest absolute Gasteiger partial charge is 0.462 e. The number of halogens is 1. The highest BCUT2D eigenvalue weighted by Crippen LogP contribution is 2.47. The number of hydrogen-bond donors (Lipinski definition) is 3. The van der Waals surface area contributed by atoms with Gasteiger partial charge in [-0.2, -0.15) is 10.1 Å². The normalized spacial score (nSPS) is 23.0. The van der Waals surface area contributed by atoms with Gasteiger partial charge in [-0.15, -0.1) is 0 Å². The Morgan fingerprint density at radius 3 is 2.39 bits per heavy atom. The van der Waals surface area contributed by atoms with E-state index >= 15 is 4.39 Å². The van der Waals surface area contributed by atoms with Gasteiger partial charge in [-0.25, -0.2) is 13.8 Å². The van der Waals surface area contributed by atoms with Gasteiger partial charge in [0.1, 0.15) is 29.8 Å². The molecule has 0 saturated carbocycles. The second-order valence-electron chi connectivity index (χ2n) is 11.2. The Morgan fingerprint density at radius 2 is 1.76 bits per heavy atom. The van der Waals surface area contributed by atoms with Gasteiger partial charge in [0.15, 0.2) is 11.9 Å². The number of aliphatic hydroxyl groups is 1. The first kappa shape index (κ1) is 34.9. The van der Waals surface area contributed by atoms with Crippen molar-refractivity contribution in [3.63, 3.8) is 0 Å². The maximum Gasteiger partial charge on any atom is 0.459 e. The minimum Gasteiger partial charge on any atom is -0.462 e. The lowest BCUT2D eigenvalue weighted by Crippen LogP contribution is -2.43. The van der Waals surface area contributed by atoms with E-state index in [9.17, 15) is 24.1 Å². The number of rotatable bonds is 14. The molecular weight excluding hydrogens is 622 g/mol. The molecule has 2 aromatic carbocycles. The van der Waals surface area contributed by atoms with Crippen molar-refractivity contribution in [3.8, 4) is 5.75 Å². The molecule has 248 valence electrons. The molecule has 2 heterocycles. The Morgan fingerprint density at radius 1 is 1.11 bits per heavy atom. The van der Waals surface area contributed by atoms with Crippen LogP contribution < -0.4 is 20.6 Å². The number of ether oxygens (including phenoxy) is 2. The lowest BCUT2D eigenvalue weighted by Gasteiger charge is -2.25. The Balaban J connectivity index is 1.44. The zero-order valence-electron chi connectivity index (χ0n) is 25.9. The fourth-order valence-electron chi connectivity index (χ4n) is 4.63. The van der Waals surface area contributed by atoms with E-state index in [4.69, 9.17) is 18.5 Å². The van der Waals surface area contributed by atoms with E-state index in [1.54, 1.807) is 32.0 Å². The van der Waals surface area contributed by atoms with E-state index in [0.29, 0.717) is 6.42 Å². The van der Waals surface area contributed by atoms with E-state index in [2.05, 4.69) is 15.4 Å². The lowest BCUT2D eigenvalue weighted by molar-refractivity contribution is -0.149. The lowest BCUT2D eigenvalue weighted by atomic mass is 9.98. The van der Waals surface area contributed by atoms with Crippen LogP contribution >= 0.6 is 7.75 Å². The molecule has 6 atom stereocenters. The van der Waals surface area contributed by atoms with Crippen molar-refractivity contribution in [1.29, 1.82) is 0 Å². The smallest absolute Gasteiger partial charge is 0.459 e. The zero-order valence-corrected chi connectivity index (χ0v) is 26.8. The van der Waals surface area contributed by atoms with Gasteiger partial charge in [0.25, 0.3) is 0 Å². The number of amides is 1. The Hall–Kier alpha value is -3.94. The molecule has 1 amide bonds. The molecule has 1 aromatic heterocycles. The summed E-state index contributed by atoms with van der Waals surface area (Å²) >= 11 is 0. The number of nitrogens with one attached hydrogen (secondary N) is 2. The first-order chi connectivity index (χ1) is 21.8. The second kappa shape index (κ2) is 15.1. The first-order valence-corrected chi connectivity index (χ1v) is 16.2. The van der Waals surface area contributed by atoms with E-state index in [-0.39, 0.29) is 23.9 Å². The summed E-state index contributed by atoms with van der Waals surface area (Å²) in [7, 11) is -4.35. The molecule has 3 aromatic rings. The van der Waals surface area contributed by atoms with Crippen LogP contribution in [0.3, 0.4) is 0 Å². The van der Waals surface area contributed by atoms with Crippen molar-refractivity contribution in [1.82, 2.24) is 14.6 Å². The van der Waals surface area contributed by atoms with Gasteiger partial charge in [-0.05, 0) is 57.9 Å². The molecule has 1 fully saturated rings. The van der Waals surface area contributed by atoms with Crippen molar-refractivity contribution in [3.05, 3.63) is 89.0 Å². The van der Waals surface area contributed by atoms with Gasteiger partial charge < -0.3 is 24.4 Å². The minimum absolute atomic E-state index is 0.0338. The molecule has 0 radical (unpaired) electrons. The van der Waals surface area contributed by atoms with Crippen molar-refractivity contribution >= 4 is 25.4 Å². The summed E-state index contributed by atoms with van der Waals surface area (Å²) in [5.74, 6) is -0.968. The third-order valence-corrected chi connectivity index (χ3v) is 8.63. The van der Waals surface area contributed by atoms with Crippen molar-refractivity contribution in [2.75, 3.05) is 11.9 Å². The van der Waals surface area contributed by atoms with Crippen LogP contribution in [-0.4, -0.2) is 63.2 Å². The molecule has 3 N–H and O–H groups in total. The van der Waals surface area contributed by atoms with E-state index < -0.39 is 62.3 Å². The molecule has 4 rings (SSSR count). The average molecular weight is 661 g/mol. The molecule has 0 spiro atoms. The molecule has 1 saturated heterocycles. The van der Waals surface area contributed by atoms with Gasteiger partial charge in [-0.1, -0.05) is 48.5 Å². The Bertz CT molecular complexity index is 1590. The number of aromatic nitrogens is 2. The molecule has 46 heavy (non-hydrogen) atoms. The number of carbonyl (C=O) groups excluding carboxylic acids is 2. The standard InChI is InChI=1S/C31H38FN4O9P/c1-20(2)43-28(39)21(3)35-46(41,45-23-13-9-6-10-14-23)42-19-24-27(38)31(4,32)29(44-24)36-18-17-25(34-30(36)40)33-26(37)16-15-22-11-7-5-8-12-22/h5-14,17-18,20-21,24,27,29,38H,15-16,19H2,1-4H3,(H,35,41)(H,33,34,37,40)/t21-,24+,27+,29+,31+,46-/m0/s1. The van der Waals surface area contributed by atoms with Gasteiger partial charge >= 0.3 is 19.4 Å². The topological polar surface area (TPSA) is 167 Å². The molecule has 1 aliphatic rings. The zero-order chi connectivity index (χ0) is 33.5. The van der Waals surface area contributed by atoms with Gasteiger partial charge in [0.05, 0.1) is 12.7 Å². The van der Waals surface area contributed by atoms with Gasteiger partial charge in [0, 0.05) is 12.6 Å². The van der Waals surface area contributed by atoms with Crippen LogP contribution in [0.5, 0.6) is 5.75 Å². The number of benzene rings is 2. The highest BCUT2D eigenvalue weighted by Gasteiger charge is 2.56. The fraction of sp³-hybridized carbons (Fsp3) is 0.419. The highest BCUT2D eigenvalue weighted by molar-refractivity contribution is 7.52. The molecule has 0 unspecified atom stereocenters. The summed E-state index contributed by atoms with van der Waals surface area (Å²) in [5, 5.41) is 15.9. The van der Waals surface area contributed by atoms with Crippen molar-refractivity contribution in [2.24, 2.45) is 0 Å². The quantitative estimate of drug-likeness (QED) is 0.169. The van der Waals surface area contributed by atoms with Crippen LogP contribution in [0.25, 0.3) is 0 Å². The predicted molar refractivity (Wildman–Crippen MR) is 166 cm³/mol. The van der Waals surface area contributed by atoms with Crippen LogP contribution in [0.15, 0.2) is 77.7 Å². The van der Waals surface area contributed by atoms with E-state index in [1.807, 2.05) is 30.3 Å². The monoisotopic (exact) mass is 660 g/mol. The number of hydrogen-bond acceptors (Lipinski definition) is 10. The van der Waals surface area contributed by atoms with Gasteiger partial charge in [0.2, 0.25) is 5.91 Å². The number of aryl methyl sites for hydroxylation is 1. The average Bonchev–Trinajstić information content (AvgIpc) is 3.23. The minimum atomic E-state index is -4.35. The summed E-state index contributed by atoms with van der Waals surface area (Å²) in [6.45, 7) is 5.10. The first-order valence-electron chi connectivity index (χ1n) is 14.7.